The van der Waals surface area contributed by atoms with Crippen molar-refractivity contribution in [1.82, 2.24) is 0 Å². The van der Waals surface area contributed by atoms with Gasteiger partial charge in [0.25, 0.3) is 0 Å². The number of rotatable bonds is 11. The van der Waals surface area contributed by atoms with E-state index in [2.05, 4.69) is 3.63 Å². The molecule has 0 radical (unpaired) electrons. The number of hydrogen-bond donors (Lipinski definition) is 0. The quantitative estimate of drug-likeness (QED) is 0.166. The van der Waals surface area contributed by atoms with Gasteiger partial charge in [0.05, 0.1) is 0 Å². The molecular formula is C27H23F17O6S2. The molecule has 3 rings (SSSR count). The molecule has 1 fully saturated rings. The SMILES string of the molecule is CC(C)(C)OC(=O)OC1CCS(OS(=O)(=O)C(F)(F)C(F)(F)C(F)(F)C(F)(F)C(F)(F)C(F)(F)C(F)(F)C(F)(F)F)(c2cccc3ccccc23)C1. The van der Waals surface area contributed by atoms with E-state index >= 15 is 8.78 Å². The number of alkyl halides is 17. The van der Waals surface area contributed by atoms with E-state index in [9.17, 15) is 79.1 Å². The van der Waals surface area contributed by atoms with E-state index in [4.69, 9.17) is 9.47 Å². The Balaban J connectivity index is 2.16. The number of fused-ring (bicyclic) bond motifs is 1. The summed E-state index contributed by atoms with van der Waals surface area (Å²) in [7, 11) is -12.2. The second-order valence-electron chi connectivity index (χ2n) is 12.1. The van der Waals surface area contributed by atoms with E-state index in [1.807, 2.05) is 0 Å². The second-order valence-corrected chi connectivity index (χ2v) is 16.9. The predicted octanol–water partition coefficient (Wildman–Crippen LogP) is 9.96. The summed E-state index contributed by atoms with van der Waals surface area (Å²) in [5, 5.41) is -7.81. The highest BCUT2D eigenvalue weighted by molar-refractivity contribution is 8.33. The fourth-order valence-electron chi connectivity index (χ4n) is 4.63. The maximum Gasteiger partial charge on any atom is 0.509 e. The minimum atomic E-state index is -8.99. The van der Waals surface area contributed by atoms with Gasteiger partial charge in [-0.1, -0.05) is 46.7 Å². The molecule has 0 aliphatic carbocycles. The van der Waals surface area contributed by atoms with Crippen molar-refractivity contribution in [2.75, 3.05) is 11.5 Å². The molecule has 2 aromatic rings. The Labute approximate surface area is 283 Å². The molecule has 0 aromatic heterocycles. The van der Waals surface area contributed by atoms with Crippen LogP contribution in [0.15, 0.2) is 47.4 Å². The standard InChI is InChI=1S/C27H23F17O6S2/c1-19(2,3)49-18(45)48-15-11-12-51(13-15,17-10-6-8-14-7-4-5-9-16(14)17)50-52(46,47)27(43,44)25(38,39)23(34,35)21(30,31)20(28,29)22(32,33)24(36,37)26(40,41)42/h4-10,15H,11-13H2,1-3H3. The molecule has 2 unspecified atom stereocenters. The summed E-state index contributed by atoms with van der Waals surface area (Å²) in [6, 6.07) is 8.55. The van der Waals surface area contributed by atoms with E-state index in [-0.39, 0.29) is 10.8 Å². The van der Waals surface area contributed by atoms with Crippen molar-refractivity contribution >= 4 is 37.4 Å². The van der Waals surface area contributed by atoms with Crippen LogP contribution < -0.4 is 0 Å². The van der Waals surface area contributed by atoms with Crippen LogP contribution in [0.2, 0.25) is 0 Å². The third-order valence-electron chi connectivity index (χ3n) is 7.25. The van der Waals surface area contributed by atoms with Crippen LogP contribution in [-0.4, -0.2) is 84.7 Å². The first kappa shape index (κ1) is 43.4. The molecule has 1 heterocycles. The van der Waals surface area contributed by atoms with Gasteiger partial charge >= 0.3 is 63.2 Å². The number of ether oxygens (including phenoxy) is 2. The van der Waals surface area contributed by atoms with E-state index in [1.165, 1.54) is 51.1 Å². The highest BCUT2D eigenvalue weighted by Crippen LogP contribution is 2.68. The maximum absolute atomic E-state index is 15.1. The number of hydrogen-bond acceptors (Lipinski definition) is 6. The van der Waals surface area contributed by atoms with E-state index < -0.39 is 108 Å². The van der Waals surface area contributed by atoms with Gasteiger partial charge in [0, 0.05) is 16.4 Å². The molecule has 0 spiro atoms. The normalized spacial score (nSPS) is 21.9. The Bertz CT molecular complexity index is 1770. The van der Waals surface area contributed by atoms with Crippen LogP contribution in [0.1, 0.15) is 27.2 Å². The Morgan fingerprint density at radius 2 is 1.13 bits per heavy atom. The third kappa shape index (κ3) is 6.69. The highest BCUT2D eigenvalue weighted by atomic mass is 32.3. The van der Waals surface area contributed by atoms with Crippen LogP contribution in [0.3, 0.4) is 0 Å². The minimum Gasteiger partial charge on any atom is -0.430 e. The van der Waals surface area contributed by atoms with Crippen molar-refractivity contribution in [3.63, 3.8) is 0 Å². The number of carbonyl (C=O) groups excluding carboxylic acids is 1. The van der Waals surface area contributed by atoms with Crippen LogP contribution >= 0.6 is 10.3 Å². The van der Waals surface area contributed by atoms with Crippen molar-refractivity contribution < 1.29 is 101 Å². The van der Waals surface area contributed by atoms with Gasteiger partial charge in [0.15, 0.2) is 0 Å². The first-order chi connectivity index (χ1) is 23.0. The van der Waals surface area contributed by atoms with Gasteiger partial charge < -0.3 is 9.47 Å². The zero-order chi connectivity index (χ0) is 40.6. The predicted molar refractivity (Wildman–Crippen MR) is 146 cm³/mol. The van der Waals surface area contributed by atoms with Crippen molar-refractivity contribution in [3.8, 4) is 0 Å². The molecule has 6 nitrogen and oxygen atoms in total. The molecule has 0 N–H and O–H groups in total. The lowest BCUT2D eigenvalue weighted by Crippen LogP contribution is -2.75. The van der Waals surface area contributed by atoms with E-state index in [0.29, 0.717) is 0 Å². The van der Waals surface area contributed by atoms with Gasteiger partial charge in [-0.25, -0.2) is 8.42 Å². The molecule has 0 bridgehead atoms. The lowest BCUT2D eigenvalue weighted by atomic mass is 9.91. The summed E-state index contributed by atoms with van der Waals surface area (Å²) >= 11 is 0. The van der Waals surface area contributed by atoms with Crippen LogP contribution in [0, 0.1) is 0 Å². The number of carbonyl (C=O) groups is 1. The van der Waals surface area contributed by atoms with Gasteiger partial charge in [-0.2, -0.15) is 83.1 Å². The van der Waals surface area contributed by atoms with Crippen molar-refractivity contribution in [3.05, 3.63) is 42.5 Å². The van der Waals surface area contributed by atoms with Crippen molar-refractivity contribution in [2.24, 2.45) is 0 Å². The monoisotopic (exact) mass is 830 g/mol. The van der Waals surface area contributed by atoms with Crippen LogP contribution in [0.25, 0.3) is 10.8 Å². The molecule has 1 saturated heterocycles. The van der Waals surface area contributed by atoms with Crippen LogP contribution in [0.4, 0.5) is 79.4 Å². The fourth-order valence-corrected chi connectivity index (χ4v) is 10.5. The second kappa shape index (κ2) is 12.8. The third-order valence-corrected chi connectivity index (χ3v) is 12.9. The van der Waals surface area contributed by atoms with E-state index in [0.717, 1.165) is 12.1 Å². The molecule has 25 heteroatoms. The Kier molecular flexibility index (Phi) is 10.7. The van der Waals surface area contributed by atoms with Crippen molar-refractivity contribution in [2.45, 2.75) is 90.8 Å². The number of halogens is 17. The molecule has 298 valence electrons. The topological polar surface area (TPSA) is 78.9 Å². The van der Waals surface area contributed by atoms with Gasteiger partial charge in [-0.15, -0.1) is 0 Å². The maximum atomic E-state index is 15.1. The Morgan fingerprint density at radius 3 is 1.63 bits per heavy atom. The summed E-state index contributed by atoms with van der Waals surface area (Å²) in [6.45, 7) is 4.06. The smallest absolute Gasteiger partial charge is 0.430 e. The Hall–Kier alpha value is -2.96. The van der Waals surface area contributed by atoms with Crippen LogP contribution in [0.5, 0.6) is 0 Å². The lowest BCUT2D eigenvalue weighted by molar-refractivity contribution is -0.458. The zero-order valence-electron chi connectivity index (χ0n) is 25.9. The van der Waals surface area contributed by atoms with Gasteiger partial charge in [-0.05, 0) is 44.0 Å². The van der Waals surface area contributed by atoms with Gasteiger partial charge in [0.1, 0.15) is 11.7 Å². The largest absolute Gasteiger partial charge is 0.509 e. The minimum absolute atomic E-state index is 0.0903. The lowest BCUT2D eigenvalue weighted by Gasteiger charge is -2.43. The van der Waals surface area contributed by atoms with Crippen LogP contribution in [-0.2, 0) is 23.2 Å². The van der Waals surface area contributed by atoms with E-state index in [1.54, 1.807) is 0 Å². The summed E-state index contributed by atoms with van der Waals surface area (Å²) in [4.78, 5) is 11.8. The molecule has 52 heavy (non-hydrogen) atoms. The highest BCUT2D eigenvalue weighted by Gasteiger charge is 2.96. The molecular weight excluding hydrogens is 807 g/mol. The Morgan fingerprint density at radius 1 is 0.673 bits per heavy atom. The van der Waals surface area contributed by atoms with Gasteiger partial charge in [-0.3, -0.25) is 0 Å². The summed E-state index contributed by atoms with van der Waals surface area (Å²) in [5.74, 6) is -54.4. The molecule has 1 aliphatic rings. The average molecular weight is 831 g/mol. The molecule has 2 aromatic carbocycles. The molecule has 2 atom stereocenters. The average Bonchev–Trinajstić information content (AvgIpc) is 3.36. The molecule has 0 amide bonds. The summed E-state index contributed by atoms with van der Waals surface area (Å²) in [6.07, 6.45) is -11.6. The zero-order valence-corrected chi connectivity index (χ0v) is 27.6. The number of benzene rings is 2. The van der Waals surface area contributed by atoms with Gasteiger partial charge in [0.2, 0.25) is 0 Å². The first-order valence-electron chi connectivity index (χ1n) is 13.8. The molecule has 0 saturated carbocycles. The summed E-state index contributed by atoms with van der Waals surface area (Å²) < 4.78 is 276. The fraction of sp³-hybridized carbons (Fsp3) is 0.593. The summed E-state index contributed by atoms with van der Waals surface area (Å²) in [5.41, 5.74) is -1.22. The molecule has 1 aliphatic heterocycles. The van der Waals surface area contributed by atoms with Crippen molar-refractivity contribution in [1.29, 1.82) is 0 Å². The first-order valence-corrected chi connectivity index (χ1v) is 17.1.